The Morgan fingerprint density at radius 2 is 1.71 bits per heavy atom. The largest absolute Gasteiger partial charge is 0.486 e. The number of nitrogens with one attached hydrogen (secondary N) is 1. The quantitative estimate of drug-likeness (QED) is 0.448. The highest BCUT2D eigenvalue weighted by molar-refractivity contribution is 6.11. The highest BCUT2D eigenvalue weighted by atomic mass is 19.1. The Bertz CT molecular complexity index is 1360. The number of benzene rings is 2. The van der Waals surface area contributed by atoms with E-state index in [2.05, 4.69) is 5.32 Å². The van der Waals surface area contributed by atoms with Crippen LogP contribution in [0.4, 0.5) is 9.18 Å². The Balaban J connectivity index is 1.40. The molecule has 1 N–H and O–H groups in total. The van der Waals surface area contributed by atoms with E-state index < -0.39 is 29.8 Å². The molecule has 0 saturated carbocycles. The number of ether oxygens (including phenoxy) is 2. The van der Waals surface area contributed by atoms with E-state index in [0.29, 0.717) is 41.5 Å². The monoisotopic (exact) mass is 477 g/mol. The molecular formula is C26H24FN3O5. The van der Waals surface area contributed by atoms with Crippen molar-refractivity contribution < 1.29 is 28.2 Å². The molecule has 1 aromatic heterocycles. The van der Waals surface area contributed by atoms with Crippen molar-refractivity contribution >= 4 is 17.7 Å². The molecule has 8 nitrogen and oxygen atoms in total. The Morgan fingerprint density at radius 1 is 1.03 bits per heavy atom. The van der Waals surface area contributed by atoms with Gasteiger partial charge in [0.25, 0.3) is 5.91 Å². The molecule has 3 amide bonds. The number of hydrogen-bond acceptors (Lipinski definition) is 5. The number of imide groups is 1. The van der Waals surface area contributed by atoms with Gasteiger partial charge >= 0.3 is 6.03 Å². The molecule has 2 aliphatic heterocycles. The minimum Gasteiger partial charge on any atom is -0.486 e. The number of ketones is 1. The second-order valence-electron chi connectivity index (χ2n) is 8.82. The van der Waals surface area contributed by atoms with Crippen LogP contribution in [0, 0.1) is 19.7 Å². The minimum absolute atomic E-state index is 0.367. The zero-order valence-electron chi connectivity index (χ0n) is 19.6. The van der Waals surface area contributed by atoms with E-state index in [1.807, 2.05) is 36.6 Å². The second-order valence-corrected chi connectivity index (χ2v) is 8.82. The highest BCUT2D eigenvalue weighted by Gasteiger charge is 2.49. The predicted molar refractivity (Wildman–Crippen MR) is 125 cm³/mol. The van der Waals surface area contributed by atoms with Crippen molar-refractivity contribution in [2.75, 3.05) is 19.8 Å². The first-order chi connectivity index (χ1) is 16.7. The van der Waals surface area contributed by atoms with Crippen LogP contribution in [0.5, 0.6) is 11.5 Å². The van der Waals surface area contributed by atoms with E-state index in [9.17, 15) is 18.8 Å². The number of carbonyl (C=O) groups is 3. The minimum atomic E-state index is -1.38. The SMILES string of the molecule is Cc1cc(C(=O)CN2C(=O)NC(C)(c3ccc(F)cc3)C2=O)c(C)n1-c1ccc2c(c1)OCCO2. The number of urea groups is 1. The first-order valence-corrected chi connectivity index (χ1v) is 11.2. The third-order valence-electron chi connectivity index (χ3n) is 6.51. The summed E-state index contributed by atoms with van der Waals surface area (Å²) in [5.74, 6) is -0.0820. The van der Waals surface area contributed by atoms with Gasteiger partial charge < -0.3 is 19.4 Å². The summed E-state index contributed by atoms with van der Waals surface area (Å²) in [6.45, 7) is 5.78. The molecule has 1 unspecified atom stereocenters. The molecule has 0 spiro atoms. The number of aromatic nitrogens is 1. The molecule has 0 radical (unpaired) electrons. The maximum atomic E-state index is 13.3. The lowest BCUT2D eigenvalue weighted by Gasteiger charge is -2.22. The molecule has 2 aliphatic rings. The van der Waals surface area contributed by atoms with Crippen molar-refractivity contribution in [3.05, 3.63) is 76.9 Å². The second kappa shape index (κ2) is 8.26. The summed E-state index contributed by atoms with van der Waals surface area (Å²) in [6, 6.07) is 12.0. The summed E-state index contributed by atoms with van der Waals surface area (Å²) < 4.78 is 26.5. The Kier molecular flexibility index (Phi) is 5.35. The number of aryl methyl sites for hydroxylation is 1. The Morgan fingerprint density at radius 3 is 2.43 bits per heavy atom. The molecular weight excluding hydrogens is 453 g/mol. The Labute approximate surface area is 201 Å². The molecule has 5 rings (SSSR count). The van der Waals surface area contributed by atoms with E-state index in [4.69, 9.17) is 9.47 Å². The van der Waals surface area contributed by atoms with E-state index in [1.54, 1.807) is 13.0 Å². The summed E-state index contributed by atoms with van der Waals surface area (Å²) in [5.41, 5.74) is 1.76. The van der Waals surface area contributed by atoms with Gasteiger partial charge in [0, 0.05) is 28.7 Å². The van der Waals surface area contributed by atoms with Gasteiger partial charge in [-0.15, -0.1) is 0 Å². The molecule has 180 valence electrons. The predicted octanol–water partition coefficient (Wildman–Crippen LogP) is 3.65. The summed E-state index contributed by atoms with van der Waals surface area (Å²) in [6.07, 6.45) is 0. The summed E-state index contributed by atoms with van der Waals surface area (Å²) in [7, 11) is 0. The van der Waals surface area contributed by atoms with E-state index in [1.165, 1.54) is 24.3 Å². The van der Waals surface area contributed by atoms with Crippen LogP contribution in [-0.2, 0) is 10.3 Å². The van der Waals surface area contributed by atoms with Crippen molar-refractivity contribution in [1.29, 1.82) is 0 Å². The average Bonchev–Trinajstić information content (AvgIpc) is 3.26. The number of nitrogens with zero attached hydrogens (tertiary/aromatic N) is 2. The van der Waals surface area contributed by atoms with Crippen LogP contribution >= 0.6 is 0 Å². The molecule has 0 aliphatic carbocycles. The fourth-order valence-electron chi connectivity index (χ4n) is 4.66. The van der Waals surface area contributed by atoms with Crippen molar-refractivity contribution in [3.8, 4) is 17.2 Å². The first-order valence-electron chi connectivity index (χ1n) is 11.2. The van der Waals surface area contributed by atoms with Gasteiger partial charge in [-0.25, -0.2) is 9.18 Å². The van der Waals surface area contributed by atoms with Crippen molar-refractivity contribution in [2.45, 2.75) is 26.3 Å². The Hall–Kier alpha value is -4.14. The van der Waals surface area contributed by atoms with Crippen LogP contribution in [0.25, 0.3) is 5.69 Å². The van der Waals surface area contributed by atoms with E-state index >= 15 is 0 Å². The van der Waals surface area contributed by atoms with Crippen LogP contribution in [0.3, 0.4) is 0 Å². The maximum Gasteiger partial charge on any atom is 0.325 e. The van der Waals surface area contributed by atoms with Crippen LogP contribution < -0.4 is 14.8 Å². The summed E-state index contributed by atoms with van der Waals surface area (Å²) in [4.78, 5) is 40.0. The average molecular weight is 477 g/mol. The third kappa shape index (κ3) is 3.73. The number of halogens is 1. The molecule has 9 heteroatoms. The lowest BCUT2D eigenvalue weighted by atomic mass is 9.92. The topological polar surface area (TPSA) is 89.9 Å². The van der Waals surface area contributed by atoms with Gasteiger partial charge in [-0.3, -0.25) is 14.5 Å². The molecule has 1 atom stereocenters. The number of rotatable bonds is 5. The van der Waals surface area contributed by atoms with Crippen LogP contribution in [0.1, 0.15) is 34.2 Å². The normalized spacial score (nSPS) is 19.1. The van der Waals surface area contributed by atoms with Crippen LogP contribution in [0.15, 0.2) is 48.5 Å². The zero-order valence-corrected chi connectivity index (χ0v) is 19.6. The van der Waals surface area contributed by atoms with E-state index in [0.717, 1.165) is 16.3 Å². The molecule has 1 fully saturated rings. The standard InChI is InChI=1S/C26H24FN3O5/c1-15-12-20(16(2)30(15)19-8-9-22-23(13-19)35-11-10-34-22)21(31)14-29-24(32)26(3,28-25(29)33)17-4-6-18(27)7-5-17/h4-9,12-13H,10-11,14H2,1-3H3,(H,28,33). The first kappa shape index (κ1) is 22.6. The zero-order chi connectivity index (χ0) is 24.9. The lowest BCUT2D eigenvalue weighted by molar-refractivity contribution is -0.130. The van der Waals surface area contributed by atoms with E-state index in [-0.39, 0.29) is 5.78 Å². The third-order valence-corrected chi connectivity index (χ3v) is 6.51. The number of carbonyl (C=O) groups excluding carboxylic acids is 3. The smallest absolute Gasteiger partial charge is 0.325 e. The van der Waals surface area contributed by atoms with Crippen LogP contribution in [-0.4, -0.2) is 46.9 Å². The molecule has 35 heavy (non-hydrogen) atoms. The number of Topliss-reactive ketones (excluding diaryl/α,β-unsaturated/α-hetero) is 1. The van der Waals surface area contributed by atoms with Gasteiger partial charge in [-0.05, 0) is 56.7 Å². The molecule has 1 saturated heterocycles. The number of amides is 3. The summed E-state index contributed by atoms with van der Waals surface area (Å²) >= 11 is 0. The maximum absolute atomic E-state index is 13.3. The fraction of sp³-hybridized carbons (Fsp3) is 0.269. The number of hydrogen-bond donors (Lipinski definition) is 1. The molecule has 3 heterocycles. The van der Waals surface area contributed by atoms with Crippen molar-refractivity contribution in [3.63, 3.8) is 0 Å². The van der Waals surface area contributed by atoms with Gasteiger partial charge in [0.05, 0.1) is 6.54 Å². The lowest BCUT2D eigenvalue weighted by Crippen LogP contribution is -2.41. The van der Waals surface area contributed by atoms with Crippen molar-refractivity contribution in [2.24, 2.45) is 0 Å². The molecule has 3 aromatic rings. The van der Waals surface area contributed by atoms with Gasteiger partial charge in [0.2, 0.25) is 0 Å². The van der Waals surface area contributed by atoms with Gasteiger partial charge in [0.1, 0.15) is 24.6 Å². The number of fused-ring (bicyclic) bond motifs is 1. The van der Waals surface area contributed by atoms with Gasteiger partial charge in [-0.1, -0.05) is 12.1 Å². The van der Waals surface area contributed by atoms with Crippen molar-refractivity contribution in [1.82, 2.24) is 14.8 Å². The van der Waals surface area contributed by atoms with Gasteiger partial charge in [0.15, 0.2) is 17.3 Å². The molecule has 0 bridgehead atoms. The highest BCUT2D eigenvalue weighted by Crippen LogP contribution is 2.34. The molecule has 2 aromatic carbocycles. The summed E-state index contributed by atoms with van der Waals surface area (Å²) in [5, 5.41) is 2.64. The van der Waals surface area contributed by atoms with Gasteiger partial charge in [-0.2, -0.15) is 0 Å². The fourth-order valence-corrected chi connectivity index (χ4v) is 4.66. The van der Waals surface area contributed by atoms with Crippen LogP contribution in [0.2, 0.25) is 0 Å².